The van der Waals surface area contributed by atoms with Gasteiger partial charge in [-0.2, -0.15) is 11.8 Å². The van der Waals surface area contributed by atoms with E-state index in [4.69, 9.17) is 0 Å². The van der Waals surface area contributed by atoms with Crippen molar-refractivity contribution >= 4 is 35.5 Å². The maximum Gasteiger partial charge on any atom is 0.326 e. The highest BCUT2D eigenvalue weighted by Gasteiger charge is 2.38. The molecule has 9 nitrogen and oxygen atoms in total. The van der Waals surface area contributed by atoms with Gasteiger partial charge in [0.25, 0.3) is 0 Å². The van der Waals surface area contributed by atoms with Crippen LogP contribution in [0, 0.1) is 0 Å². The zero-order valence-electron chi connectivity index (χ0n) is 16.4. The van der Waals surface area contributed by atoms with Crippen LogP contribution in [0.2, 0.25) is 0 Å². The van der Waals surface area contributed by atoms with Gasteiger partial charge in [-0.15, -0.1) is 0 Å². The van der Waals surface area contributed by atoms with Crippen LogP contribution in [0.4, 0.5) is 0 Å². The molecule has 0 aromatic carbocycles. The molecular weight excluding hydrogens is 384 g/mol. The van der Waals surface area contributed by atoms with Crippen LogP contribution in [0.1, 0.15) is 39.0 Å². The van der Waals surface area contributed by atoms with Crippen molar-refractivity contribution < 1.29 is 24.3 Å². The molecular formula is C18H30N4O5S. The Morgan fingerprint density at radius 3 is 2.57 bits per heavy atom. The van der Waals surface area contributed by atoms with E-state index in [0.717, 1.165) is 25.8 Å². The van der Waals surface area contributed by atoms with Crippen molar-refractivity contribution in [3.8, 4) is 0 Å². The van der Waals surface area contributed by atoms with Gasteiger partial charge in [0.1, 0.15) is 18.1 Å². The summed E-state index contributed by atoms with van der Waals surface area (Å²) in [6, 6.07) is -2.69. The monoisotopic (exact) mass is 414 g/mol. The molecule has 2 aliphatic heterocycles. The van der Waals surface area contributed by atoms with Gasteiger partial charge in [-0.25, -0.2) is 4.79 Å². The number of carboxylic acid groups (broad SMARTS) is 1. The summed E-state index contributed by atoms with van der Waals surface area (Å²) < 4.78 is 0. The normalized spacial score (nSPS) is 23.9. The minimum Gasteiger partial charge on any atom is -0.480 e. The fourth-order valence-corrected chi connectivity index (χ4v) is 4.03. The van der Waals surface area contributed by atoms with Crippen molar-refractivity contribution in [2.45, 2.75) is 63.2 Å². The average Bonchev–Trinajstić information content (AvgIpc) is 3.35. The minimum absolute atomic E-state index is 0.0599. The molecule has 2 rings (SSSR count). The predicted octanol–water partition coefficient (Wildman–Crippen LogP) is -0.443. The van der Waals surface area contributed by atoms with E-state index in [0.29, 0.717) is 25.1 Å². The Kier molecular flexibility index (Phi) is 8.56. The van der Waals surface area contributed by atoms with Crippen molar-refractivity contribution in [2.24, 2.45) is 0 Å². The SMILES string of the molecule is CSCCC(NC(=O)C(C)NC(=O)C1CCCN1C(=O)C1CCCN1)C(=O)O. The topological polar surface area (TPSA) is 128 Å². The Hall–Kier alpha value is -1.81. The van der Waals surface area contributed by atoms with Crippen molar-refractivity contribution in [3.63, 3.8) is 0 Å². The predicted molar refractivity (Wildman–Crippen MR) is 106 cm³/mol. The van der Waals surface area contributed by atoms with E-state index < -0.39 is 30.0 Å². The van der Waals surface area contributed by atoms with E-state index in [1.165, 1.54) is 18.7 Å². The quantitative estimate of drug-likeness (QED) is 0.403. The maximum absolute atomic E-state index is 12.7. The molecule has 4 N–H and O–H groups in total. The van der Waals surface area contributed by atoms with Gasteiger partial charge in [0.05, 0.1) is 6.04 Å². The van der Waals surface area contributed by atoms with Gasteiger partial charge in [0.15, 0.2) is 0 Å². The van der Waals surface area contributed by atoms with E-state index in [1.54, 1.807) is 4.90 Å². The van der Waals surface area contributed by atoms with Crippen LogP contribution in [0.5, 0.6) is 0 Å². The van der Waals surface area contributed by atoms with Crippen molar-refractivity contribution in [3.05, 3.63) is 0 Å². The second-order valence-electron chi connectivity index (χ2n) is 7.25. The second kappa shape index (κ2) is 10.7. The summed E-state index contributed by atoms with van der Waals surface area (Å²) in [4.78, 5) is 50.5. The molecule has 0 spiro atoms. The number of nitrogens with one attached hydrogen (secondary N) is 3. The fraction of sp³-hybridized carbons (Fsp3) is 0.778. The molecule has 0 saturated carbocycles. The number of nitrogens with zero attached hydrogens (tertiary/aromatic N) is 1. The number of amides is 3. The Morgan fingerprint density at radius 1 is 1.21 bits per heavy atom. The lowest BCUT2D eigenvalue weighted by atomic mass is 10.1. The van der Waals surface area contributed by atoms with Crippen LogP contribution < -0.4 is 16.0 Å². The third-order valence-electron chi connectivity index (χ3n) is 5.17. The highest BCUT2D eigenvalue weighted by atomic mass is 32.2. The molecule has 0 radical (unpaired) electrons. The molecule has 0 aliphatic carbocycles. The van der Waals surface area contributed by atoms with Gasteiger partial charge in [-0.1, -0.05) is 0 Å². The Morgan fingerprint density at radius 2 is 1.96 bits per heavy atom. The van der Waals surface area contributed by atoms with Crippen molar-refractivity contribution in [1.29, 1.82) is 0 Å². The number of carbonyl (C=O) groups excluding carboxylic acids is 3. The molecule has 2 heterocycles. The first kappa shape index (κ1) is 22.5. The molecule has 10 heteroatoms. The van der Waals surface area contributed by atoms with E-state index >= 15 is 0 Å². The summed E-state index contributed by atoms with van der Waals surface area (Å²) in [5.74, 6) is -1.47. The summed E-state index contributed by atoms with van der Waals surface area (Å²) in [7, 11) is 0. The van der Waals surface area contributed by atoms with Gasteiger partial charge < -0.3 is 26.0 Å². The first-order valence-corrected chi connectivity index (χ1v) is 11.1. The summed E-state index contributed by atoms with van der Waals surface area (Å²) in [5.41, 5.74) is 0. The number of rotatable bonds is 9. The van der Waals surface area contributed by atoms with Crippen molar-refractivity contribution in [2.75, 3.05) is 25.1 Å². The Labute approximate surface area is 169 Å². The van der Waals surface area contributed by atoms with Crippen LogP contribution >= 0.6 is 11.8 Å². The maximum atomic E-state index is 12.7. The average molecular weight is 415 g/mol. The first-order valence-electron chi connectivity index (χ1n) is 9.71. The van der Waals surface area contributed by atoms with E-state index in [2.05, 4.69) is 16.0 Å². The first-order chi connectivity index (χ1) is 13.3. The molecule has 4 unspecified atom stereocenters. The standard InChI is InChI=1S/C18H30N4O5S/c1-11(15(23)21-13(18(26)27)7-10-28-2)20-16(24)14-6-4-9-22(14)17(25)12-5-3-8-19-12/h11-14,19H,3-10H2,1-2H3,(H,20,24)(H,21,23)(H,26,27). The smallest absolute Gasteiger partial charge is 0.326 e. The summed E-state index contributed by atoms with van der Waals surface area (Å²) in [5, 5.41) is 17.5. The molecule has 0 aromatic heterocycles. The molecule has 28 heavy (non-hydrogen) atoms. The van der Waals surface area contributed by atoms with E-state index in [9.17, 15) is 24.3 Å². The zero-order chi connectivity index (χ0) is 20.7. The van der Waals surface area contributed by atoms with Crippen LogP contribution in [0.25, 0.3) is 0 Å². The lowest BCUT2D eigenvalue weighted by Gasteiger charge is -2.28. The third-order valence-corrected chi connectivity index (χ3v) is 5.82. The number of likely N-dealkylation sites (tertiary alicyclic amines) is 1. The molecule has 158 valence electrons. The van der Waals surface area contributed by atoms with Gasteiger partial charge in [-0.3, -0.25) is 14.4 Å². The lowest BCUT2D eigenvalue weighted by Crippen LogP contribution is -2.55. The van der Waals surface area contributed by atoms with Crippen LogP contribution in [0.3, 0.4) is 0 Å². The van der Waals surface area contributed by atoms with Crippen molar-refractivity contribution in [1.82, 2.24) is 20.9 Å². The molecule has 2 saturated heterocycles. The molecule has 0 aromatic rings. The van der Waals surface area contributed by atoms with E-state index in [1.807, 2.05) is 6.26 Å². The number of thioether (sulfide) groups is 1. The largest absolute Gasteiger partial charge is 0.480 e. The number of hydrogen-bond donors (Lipinski definition) is 4. The van der Waals surface area contributed by atoms with E-state index in [-0.39, 0.29) is 17.9 Å². The highest BCUT2D eigenvalue weighted by Crippen LogP contribution is 2.21. The molecule has 4 atom stereocenters. The third kappa shape index (κ3) is 5.84. The summed E-state index contributed by atoms with van der Waals surface area (Å²) in [6.07, 6.45) is 5.19. The fourth-order valence-electron chi connectivity index (χ4n) is 3.56. The molecule has 3 amide bonds. The molecule has 2 fully saturated rings. The van der Waals surface area contributed by atoms with Gasteiger partial charge >= 0.3 is 5.97 Å². The van der Waals surface area contributed by atoms with Crippen LogP contribution in [-0.4, -0.2) is 83.0 Å². The Balaban J connectivity index is 1.90. The highest BCUT2D eigenvalue weighted by molar-refractivity contribution is 7.98. The van der Waals surface area contributed by atoms with Crippen LogP contribution in [-0.2, 0) is 19.2 Å². The van der Waals surface area contributed by atoms with Crippen LogP contribution in [0.15, 0.2) is 0 Å². The van der Waals surface area contributed by atoms with Gasteiger partial charge in [-0.05, 0) is 57.6 Å². The second-order valence-corrected chi connectivity index (χ2v) is 8.24. The number of hydrogen-bond acceptors (Lipinski definition) is 6. The molecule has 0 bridgehead atoms. The summed E-state index contributed by atoms with van der Waals surface area (Å²) >= 11 is 1.50. The zero-order valence-corrected chi connectivity index (χ0v) is 17.2. The summed E-state index contributed by atoms with van der Waals surface area (Å²) in [6.45, 7) is 2.85. The Bertz CT molecular complexity index is 597. The van der Waals surface area contributed by atoms with Gasteiger partial charge in [0.2, 0.25) is 17.7 Å². The number of carboxylic acids is 1. The lowest BCUT2D eigenvalue weighted by molar-refractivity contribution is -0.143. The number of carbonyl (C=O) groups is 4. The minimum atomic E-state index is -1.10. The molecule has 2 aliphatic rings. The number of aliphatic carboxylic acids is 1. The van der Waals surface area contributed by atoms with Gasteiger partial charge in [0, 0.05) is 6.54 Å².